The van der Waals surface area contributed by atoms with Crippen LogP contribution in [-0.2, 0) is 0 Å². The molecule has 0 aliphatic carbocycles. The van der Waals surface area contributed by atoms with Crippen molar-refractivity contribution in [1.29, 1.82) is 0 Å². The smallest absolute Gasteiger partial charge is 0.0101 e. The first-order chi connectivity index (χ1) is 3.81. The lowest BCUT2D eigenvalue weighted by atomic mass is 10.1. The molecule has 0 fully saturated rings. The minimum atomic E-state index is 0.311. The summed E-state index contributed by atoms with van der Waals surface area (Å²) < 4.78 is 0. The molecule has 0 aliphatic heterocycles. The van der Waals surface area contributed by atoms with Crippen LogP contribution in [-0.4, -0.2) is 6.04 Å². The Morgan fingerprint density at radius 1 is 1.75 bits per heavy atom. The Bertz CT molecular complexity index is 80.9. The fourth-order valence-electron chi connectivity index (χ4n) is 0.473. The van der Waals surface area contributed by atoms with E-state index in [1.54, 1.807) is 0 Å². The maximum Gasteiger partial charge on any atom is 0.0101 e. The fourth-order valence-corrected chi connectivity index (χ4v) is 0.473. The Morgan fingerprint density at radius 3 is 2.75 bits per heavy atom. The largest absolute Gasteiger partial charge is 0.328 e. The van der Waals surface area contributed by atoms with E-state index in [1.807, 2.05) is 0 Å². The maximum atomic E-state index is 5.56. The summed E-state index contributed by atoms with van der Waals surface area (Å²) in [5.74, 6) is 2.55. The molecule has 1 unspecified atom stereocenters. The van der Waals surface area contributed by atoms with Crippen molar-refractivity contribution in [2.75, 3.05) is 0 Å². The van der Waals surface area contributed by atoms with Crippen molar-refractivity contribution in [1.82, 2.24) is 0 Å². The molecule has 8 heavy (non-hydrogen) atoms. The molecule has 0 radical (unpaired) electrons. The van der Waals surface area contributed by atoms with Gasteiger partial charge in [0.2, 0.25) is 0 Å². The first kappa shape index (κ1) is 7.52. The van der Waals surface area contributed by atoms with Crippen LogP contribution in [0.3, 0.4) is 0 Å². The number of nitrogens with two attached hydrogens (primary N) is 1. The van der Waals surface area contributed by atoms with E-state index in [-0.39, 0.29) is 0 Å². The van der Waals surface area contributed by atoms with Gasteiger partial charge in [-0.2, -0.15) is 0 Å². The van der Waals surface area contributed by atoms with E-state index in [0.717, 1.165) is 19.3 Å². The summed E-state index contributed by atoms with van der Waals surface area (Å²) >= 11 is 0. The molecule has 46 valence electrons. The van der Waals surface area contributed by atoms with E-state index in [4.69, 9.17) is 12.2 Å². The van der Waals surface area contributed by atoms with Crippen molar-refractivity contribution >= 4 is 0 Å². The second-order valence-corrected chi connectivity index (χ2v) is 1.91. The van der Waals surface area contributed by atoms with Crippen LogP contribution in [0.25, 0.3) is 0 Å². The van der Waals surface area contributed by atoms with Gasteiger partial charge in [0.25, 0.3) is 0 Å². The van der Waals surface area contributed by atoms with E-state index in [0.29, 0.717) is 6.04 Å². The topological polar surface area (TPSA) is 26.0 Å². The summed E-state index contributed by atoms with van der Waals surface area (Å²) in [4.78, 5) is 0. The van der Waals surface area contributed by atoms with Crippen molar-refractivity contribution in [3.05, 3.63) is 0 Å². The zero-order chi connectivity index (χ0) is 6.41. The third-order valence-corrected chi connectivity index (χ3v) is 1.18. The van der Waals surface area contributed by atoms with Gasteiger partial charge >= 0.3 is 0 Å². The average molecular weight is 111 g/mol. The van der Waals surface area contributed by atoms with Crippen LogP contribution in [0, 0.1) is 12.3 Å². The third-order valence-electron chi connectivity index (χ3n) is 1.18. The Kier molecular flexibility index (Phi) is 4.39. The third kappa shape index (κ3) is 3.70. The summed E-state index contributed by atoms with van der Waals surface area (Å²) in [7, 11) is 0. The highest BCUT2D eigenvalue weighted by molar-refractivity contribution is 4.84. The Balaban J connectivity index is 3.01. The highest BCUT2D eigenvalue weighted by Gasteiger charge is 1.94. The minimum absolute atomic E-state index is 0.311. The molecule has 0 aromatic rings. The number of rotatable bonds is 3. The molecule has 0 spiro atoms. The Hall–Kier alpha value is -0.480. The quantitative estimate of drug-likeness (QED) is 0.543. The summed E-state index contributed by atoms with van der Waals surface area (Å²) in [5, 5.41) is 0. The summed E-state index contributed by atoms with van der Waals surface area (Å²) in [6.45, 7) is 2.07. The fraction of sp³-hybridized carbons (Fsp3) is 0.714. The SMILES string of the molecule is C#CCCC(N)CC. The number of hydrogen-bond donors (Lipinski definition) is 1. The zero-order valence-electron chi connectivity index (χ0n) is 5.35. The van der Waals surface area contributed by atoms with E-state index in [9.17, 15) is 0 Å². The van der Waals surface area contributed by atoms with Crippen molar-refractivity contribution in [3.63, 3.8) is 0 Å². The van der Waals surface area contributed by atoms with E-state index in [1.165, 1.54) is 0 Å². The maximum absolute atomic E-state index is 5.56. The van der Waals surface area contributed by atoms with Crippen molar-refractivity contribution in [2.45, 2.75) is 32.2 Å². The normalized spacial score (nSPS) is 12.6. The van der Waals surface area contributed by atoms with Crippen LogP contribution < -0.4 is 5.73 Å². The molecule has 0 heterocycles. The van der Waals surface area contributed by atoms with Gasteiger partial charge in [0.15, 0.2) is 0 Å². The first-order valence-electron chi connectivity index (χ1n) is 3.00. The molecule has 0 amide bonds. The molecule has 1 heteroatoms. The van der Waals surface area contributed by atoms with Gasteiger partial charge in [0.05, 0.1) is 0 Å². The van der Waals surface area contributed by atoms with Gasteiger partial charge in [-0.15, -0.1) is 12.3 Å². The average Bonchev–Trinajstić information content (AvgIpc) is 1.83. The molecule has 0 aromatic heterocycles. The number of terminal acetylenes is 1. The molecule has 0 saturated heterocycles. The molecule has 0 saturated carbocycles. The predicted octanol–water partition coefficient (Wildman–Crippen LogP) is 1.14. The highest BCUT2D eigenvalue weighted by atomic mass is 14.6. The van der Waals surface area contributed by atoms with Crippen LogP contribution in [0.5, 0.6) is 0 Å². The standard InChI is InChI=1S/C7H13N/c1-3-5-6-7(8)4-2/h1,7H,4-6,8H2,2H3. The molecular formula is C7H13N. The van der Waals surface area contributed by atoms with E-state index in [2.05, 4.69) is 12.8 Å². The Labute approximate surface area is 51.3 Å². The zero-order valence-corrected chi connectivity index (χ0v) is 5.35. The molecule has 0 aromatic carbocycles. The van der Waals surface area contributed by atoms with Gasteiger partial charge in [0, 0.05) is 12.5 Å². The van der Waals surface area contributed by atoms with Gasteiger partial charge in [-0.25, -0.2) is 0 Å². The van der Waals surface area contributed by atoms with E-state index < -0.39 is 0 Å². The van der Waals surface area contributed by atoms with Gasteiger partial charge in [-0.3, -0.25) is 0 Å². The molecule has 0 bridgehead atoms. The van der Waals surface area contributed by atoms with Crippen LogP contribution in [0.1, 0.15) is 26.2 Å². The predicted molar refractivity (Wildman–Crippen MR) is 36.3 cm³/mol. The molecule has 0 rings (SSSR count). The van der Waals surface area contributed by atoms with Crippen molar-refractivity contribution in [2.24, 2.45) is 5.73 Å². The molecule has 2 N–H and O–H groups in total. The van der Waals surface area contributed by atoms with Gasteiger partial charge in [-0.1, -0.05) is 6.92 Å². The first-order valence-corrected chi connectivity index (χ1v) is 3.00. The Morgan fingerprint density at radius 2 is 2.38 bits per heavy atom. The van der Waals surface area contributed by atoms with Crippen molar-refractivity contribution < 1.29 is 0 Å². The van der Waals surface area contributed by atoms with Gasteiger partial charge < -0.3 is 5.73 Å². The summed E-state index contributed by atoms with van der Waals surface area (Å²) in [5.41, 5.74) is 5.56. The molecule has 0 aliphatic rings. The van der Waals surface area contributed by atoms with Crippen LogP contribution in [0.15, 0.2) is 0 Å². The lowest BCUT2D eigenvalue weighted by Crippen LogP contribution is -2.17. The summed E-state index contributed by atoms with van der Waals surface area (Å²) in [6, 6.07) is 0.311. The summed E-state index contributed by atoms with van der Waals surface area (Å²) in [6.07, 6.45) is 7.84. The van der Waals surface area contributed by atoms with Gasteiger partial charge in [-0.05, 0) is 12.8 Å². The van der Waals surface area contributed by atoms with Crippen LogP contribution >= 0.6 is 0 Å². The lowest BCUT2D eigenvalue weighted by Gasteiger charge is -2.02. The van der Waals surface area contributed by atoms with Crippen LogP contribution in [0.2, 0.25) is 0 Å². The number of hydrogen-bond acceptors (Lipinski definition) is 1. The molecule has 1 atom stereocenters. The molecular weight excluding hydrogens is 98.1 g/mol. The van der Waals surface area contributed by atoms with Crippen molar-refractivity contribution in [3.8, 4) is 12.3 Å². The highest BCUT2D eigenvalue weighted by Crippen LogP contribution is 1.95. The van der Waals surface area contributed by atoms with Gasteiger partial charge in [0.1, 0.15) is 0 Å². The molecule has 1 nitrogen and oxygen atoms in total. The van der Waals surface area contributed by atoms with Crippen LogP contribution in [0.4, 0.5) is 0 Å². The second-order valence-electron chi connectivity index (χ2n) is 1.91. The monoisotopic (exact) mass is 111 g/mol. The minimum Gasteiger partial charge on any atom is -0.328 e. The van der Waals surface area contributed by atoms with E-state index >= 15 is 0 Å². The second kappa shape index (κ2) is 4.67. The lowest BCUT2D eigenvalue weighted by molar-refractivity contribution is 0.607.